The summed E-state index contributed by atoms with van der Waals surface area (Å²) in [5.74, 6) is 0. The zero-order chi connectivity index (χ0) is 17.2. The molecule has 6 heteroatoms. The number of benzene rings is 2. The van der Waals surface area contributed by atoms with E-state index in [-0.39, 0.29) is 37.0 Å². The smallest absolute Gasteiger partial charge is 0.131 e. The Bertz CT molecular complexity index is 573. The van der Waals surface area contributed by atoms with Crippen LogP contribution in [0, 0.1) is 0 Å². The molecule has 3 unspecified atom stereocenters. The van der Waals surface area contributed by atoms with E-state index in [1.807, 2.05) is 48.5 Å². The van der Waals surface area contributed by atoms with Crippen LogP contribution in [-0.2, 0) is 4.74 Å². The SMILES string of the molecule is COC(C[NH2+]CC[NH2+]C(C)C(O)c1ccccc1)c1ccccc1.[Cl-].[Cl-]. The van der Waals surface area contributed by atoms with Gasteiger partial charge in [0.05, 0.1) is 0 Å². The molecule has 0 aliphatic carbocycles. The number of quaternary nitrogens is 2. The molecule has 2 aromatic rings. The van der Waals surface area contributed by atoms with Crippen LogP contribution < -0.4 is 35.4 Å². The fraction of sp³-hybridized carbons (Fsp3) is 0.400. The van der Waals surface area contributed by atoms with Gasteiger partial charge < -0.3 is 45.3 Å². The molecule has 5 N–H and O–H groups in total. The lowest BCUT2D eigenvalue weighted by Gasteiger charge is -2.18. The summed E-state index contributed by atoms with van der Waals surface area (Å²) in [6.07, 6.45) is -0.305. The fourth-order valence-corrected chi connectivity index (χ4v) is 2.86. The summed E-state index contributed by atoms with van der Waals surface area (Å²) in [5, 5.41) is 14.8. The zero-order valence-electron chi connectivity index (χ0n) is 15.4. The Morgan fingerprint density at radius 2 is 1.42 bits per heavy atom. The summed E-state index contributed by atoms with van der Waals surface area (Å²) in [6, 6.07) is 20.3. The van der Waals surface area contributed by atoms with Crippen molar-refractivity contribution < 1.29 is 45.3 Å². The molecule has 2 aromatic carbocycles. The molecular weight excluding hydrogens is 371 g/mol. The van der Waals surface area contributed by atoms with Gasteiger partial charge in [-0.05, 0) is 18.1 Å². The Hall–Kier alpha value is -1.14. The van der Waals surface area contributed by atoms with Crippen LogP contribution in [-0.4, -0.2) is 37.9 Å². The molecule has 0 amide bonds. The number of hydrogen-bond donors (Lipinski definition) is 3. The van der Waals surface area contributed by atoms with Crippen molar-refractivity contribution in [1.29, 1.82) is 0 Å². The summed E-state index contributed by atoms with van der Waals surface area (Å²) in [7, 11) is 1.76. The monoisotopic (exact) mass is 400 g/mol. The van der Waals surface area contributed by atoms with Crippen molar-refractivity contribution in [1.82, 2.24) is 0 Å². The summed E-state index contributed by atoms with van der Waals surface area (Å²) in [5.41, 5.74) is 2.20. The van der Waals surface area contributed by atoms with Crippen molar-refractivity contribution in [3.63, 3.8) is 0 Å². The van der Waals surface area contributed by atoms with Crippen LogP contribution in [0.1, 0.15) is 30.3 Å². The van der Waals surface area contributed by atoms with Crippen molar-refractivity contribution in [3.8, 4) is 0 Å². The molecule has 0 aliphatic rings. The zero-order valence-corrected chi connectivity index (χ0v) is 16.9. The molecule has 4 nitrogen and oxygen atoms in total. The fourth-order valence-electron chi connectivity index (χ4n) is 2.86. The third-order valence-corrected chi connectivity index (χ3v) is 4.38. The molecule has 0 saturated carbocycles. The van der Waals surface area contributed by atoms with Gasteiger partial charge in [0.1, 0.15) is 37.9 Å². The van der Waals surface area contributed by atoms with Gasteiger partial charge in [0, 0.05) is 7.11 Å². The van der Waals surface area contributed by atoms with Gasteiger partial charge in [0.25, 0.3) is 0 Å². The second-order valence-electron chi connectivity index (χ2n) is 6.19. The van der Waals surface area contributed by atoms with E-state index < -0.39 is 6.10 Å². The minimum atomic E-state index is -0.428. The van der Waals surface area contributed by atoms with Gasteiger partial charge in [-0.3, -0.25) is 0 Å². The molecule has 0 heterocycles. The number of rotatable bonds is 10. The minimum Gasteiger partial charge on any atom is -1.00 e. The van der Waals surface area contributed by atoms with E-state index in [0.29, 0.717) is 0 Å². The van der Waals surface area contributed by atoms with Crippen LogP contribution in [0.2, 0.25) is 0 Å². The predicted molar refractivity (Wildman–Crippen MR) is 95.5 cm³/mol. The van der Waals surface area contributed by atoms with Gasteiger partial charge in [0.15, 0.2) is 0 Å². The lowest BCUT2D eigenvalue weighted by Crippen LogP contribution is -3.00. The first-order valence-corrected chi connectivity index (χ1v) is 8.68. The first-order valence-electron chi connectivity index (χ1n) is 8.68. The number of halogens is 2. The molecule has 2 rings (SSSR count). The highest BCUT2D eigenvalue weighted by Gasteiger charge is 2.19. The number of aliphatic hydroxyl groups is 1. The van der Waals surface area contributed by atoms with Crippen LogP contribution in [0.15, 0.2) is 60.7 Å². The van der Waals surface area contributed by atoms with Gasteiger partial charge in [-0.1, -0.05) is 60.7 Å². The molecule has 0 aromatic heterocycles. The molecule has 0 aliphatic heterocycles. The largest absolute Gasteiger partial charge is 1.00 e. The van der Waals surface area contributed by atoms with Crippen molar-refractivity contribution in [2.75, 3.05) is 26.7 Å². The van der Waals surface area contributed by atoms with Crippen LogP contribution in [0.5, 0.6) is 0 Å². The number of methoxy groups -OCH3 is 1. The number of nitrogens with two attached hydrogens (primary N) is 2. The first kappa shape index (κ1) is 24.9. The highest BCUT2D eigenvalue weighted by Crippen LogP contribution is 2.14. The first-order chi connectivity index (χ1) is 11.7. The van der Waals surface area contributed by atoms with Crippen molar-refractivity contribution in [2.24, 2.45) is 0 Å². The standard InChI is InChI=1S/C20H28N2O2.2ClH/c1-16(20(23)18-11-7-4-8-12-18)22-14-13-21-15-19(24-2)17-9-5-3-6-10-17;;/h3-12,16,19-23H,13-15H2,1-2H3;2*1H. The molecule has 0 fully saturated rings. The molecule has 0 radical (unpaired) electrons. The molecule has 3 atom stereocenters. The summed E-state index contributed by atoms with van der Waals surface area (Å²) < 4.78 is 5.58. The lowest BCUT2D eigenvalue weighted by atomic mass is 10.0. The Kier molecular flexibility index (Phi) is 13.4. The average molecular weight is 401 g/mol. The van der Waals surface area contributed by atoms with E-state index in [0.717, 1.165) is 25.2 Å². The Morgan fingerprint density at radius 1 is 0.885 bits per heavy atom. The maximum Gasteiger partial charge on any atom is 0.131 e. The maximum absolute atomic E-state index is 10.4. The third kappa shape index (κ3) is 8.04. The average Bonchev–Trinajstić information content (AvgIpc) is 2.65. The quantitative estimate of drug-likeness (QED) is 0.348. The Balaban J connectivity index is 0.00000312. The molecule has 146 valence electrons. The lowest BCUT2D eigenvalue weighted by molar-refractivity contribution is -0.745. The van der Waals surface area contributed by atoms with E-state index in [4.69, 9.17) is 4.74 Å². The molecule has 26 heavy (non-hydrogen) atoms. The molecular formula is C20H30Cl2N2O2. The van der Waals surface area contributed by atoms with Crippen LogP contribution in [0.25, 0.3) is 0 Å². The normalized spacial score (nSPS) is 13.8. The summed E-state index contributed by atoms with van der Waals surface area (Å²) in [4.78, 5) is 0. The van der Waals surface area contributed by atoms with Crippen molar-refractivity contribution in [2.45, 2.75) is 25.2 Å². The van der Waals surface area contributed by atoms with Crippen molar-refractivity contribution in [3.05, 3.63) is 71.8 Å². The van der Waals surface area contributed by atoms with Gasteiger partial charge >= 0.3 is 0 Å². The van der Waals surface area contributed by atoms with E-state index in [9.17, 15) is 5.11 Å². The Labute approximate surface area is 169 Å². The molecule has 0 saturated heterocycles. The minimum absolute atomic E-state index is 0. The van der Waals surface area contributed by atoms with Gasteiger partial charge in [-0.2, -0.15) is 0 Å². The number of aliphatic hydroxyl groups excluding tert-OH is 1. The maximum atomic E-state index is 10.4. The van der Waals surface area contributed by atoms with E-state index in [1.54, 1.807) is 7.11 Å². The highest BCUT2D eigenvalue weighted by atomic mass is 35.5. The molecule has 0 bridgehead atoms. The van der Waals surface area contributed by atoms with Crippen LogP contribution >= 0.6 is 0 Å². The predicted octanol–water partition coefficient (Wildman–Crippen LogP) is -5.37. The highest BCUT2D eigenvalue weighted by molar-refractivity contribution is 5.18. The van der Waals surface area contributed by atoms with Gasteiger partial charge in [-0.15, -0.1) is 0 Å². The summed E-state index contributed by atoms with van der Waals surface area (Å²) in [6.45, 7) is 4.94. The van der Waals surface area contributed by atoms with E-state index in [2.05, 4.69) is 29.7 Å². The number of hydrogen-bond acceptors (Lipinski definition) is 2. The second-order valence-corrected chi connectivity index (χ2v) is 6.19. The van der Waals surface area contributed by atoms with Crippen molar-refractivity contribution >= 4 is 0 Å². The van der Waals surface area contributed by atoms with E-state index in [1.165, 1.54) is 5.56 Å². The second kappa shape index (κ2) is 14.0. The molecule has 0 spiro atoms. The van der Waals surface area contributed by atoms with Crippen LogP contribution in [0.3, 0.4) is 0 Å². The Morgan fingerprint density at radius 3 is 1.96 bits per heavy atom. The topological polar surface area (TPSA) is 62.7 Å². The van der Waals surface area contributed by atoms with Gasteiger partial charge in [-0.25, -0.2) is 0 Å². The van der Waals surface area contributed by atoms with Crippen LogP contribution in [0.4, 0.5) is 0 Å². The third-order valence-electron chi connectivity index (χ3n) is 4.38. The van der Waals surface area contributed by atoms with Gasteiger partial charge in [0.2, 0.25) is 0 Å². The number of ether oxygens (including phenoxy) is 1. The van der Waals surface area contributed by atoms with E-state index >= 15 is 0 Å². The summed E-state index contributed by atoms with van der Waals surface area (Å²) >= 11 is 0.